The van der Waals surface area contributed by atoms with Crippen molar-refractivity contribution in [1.82, 2.24) is 15.7 Å². The number of nitrogens with zero attached hydrogens (tertiary/aromatic N) is 1. The zero-order chi connectivity index (χ0) is 28.7. The van der Waals surface area contributed by atoms with Gasteiger partial charge in [-0.15, -0.1) is 0 Å². The third-order valence-electron chi connectivity index (χ3n) is 6.19. The smallest absolute Gasteiger partial charge is 0.307 e. The minimum absolute atomic E-state index is 0.0498. The van der Waals surface area contributed by atoms with Gasteiger partial charge in [0, 0.05) is 5.56 Å². The number of amides is 3. The molecule has 0 bridgehead atoms. The average molecular weight is 550 g/mol. The minimum Gasteiger partial charge on any atom is -0.481 e. The van der Waals surface area contributed by atoms with Crippen molar-refractivity contribution in [2.45, 2.75) is 45.6 Å². The van der Waals surface area contributed by atoms with Gasteiger partial charge in [-0.05, 0) is 35.7 Å². The molecule has 0 aliphatic heterocycles. The van der Waals surface area contributed by atoms with E-state index in [1.807, 2.05) is 30.3 Å². The van der Waals surface area contributed by atoms with Crippen LogP contribution in [0.15, 0.2) is 71.1 Å². The van der Waals surface area contributed by atoms with E-state index in [0.29, 0.717) is 29.7 Å². The summed E-state index contributed by atoms with van der Waals surface area (Å²) in [4.78, 5) is 53.8. The predicted molar refractivity (Wildman–Crippen MR) is 148 cm³/mol. The predicted octanol–water partition coefficient (Wildman–Crippen LogP) is 4.16. The monoisotopic (exact) mass is 549 g/mol. The molecule has 3 rings (SSSR count). The first kappa shape index (κ1) is 30.1. The number of hydrogen-bond donors (Lipinski definition) is 3. The van der Waals surface area contributed by atoms with Crippen LogP contribution in [0.1, 0.15) is 54.3 Å². The summed E-state index contributed by atoms with van der Waals surface area (Å²) >= 11 is 0. The molecule has 40 heavy (non-hydrogen) atoms. The van der Waals surface area contributed by atoms with Crippen LogP contribution in [0, 0.1) is 5.92 Å². The maximum absolute atomic E-state index is 13.0. The van der Waals surface area contributed by atoms with Crippen molar-refractivity contribution >= 4 is 24.2 Å². The van der Waals surface area contributed by atoms with E-state index in [1.54, 1.807) is 30.3 Å². The fourth-order valence-corrected chi connectivity index (χ4v) is 4.09. The molecule has 0 saturated heterocycles. The summed E-state index contributed by atoms with van der Waals surface area (Å²) in [5, 5.41) is 15.5. The standard InChI is InChI=1S/C30H35N3O7/c1-2-3-5-12-25(18-33(21-34)39-19-22-9-6-4-7-10-22)29(37)31-20-32-30(38)27-15-14-26(40-27)24-13-8-11-23(16-24)17-28(35)36/h4,6-11,13-16,21,25H,2-3,5,12,17-20H2,1H3,(H,31,37)(H,32,38)(H,35,36)/t25-/m1/s1. The van der Waals surface area contributed by atoms with Gasteiger partial charge in [-0.2, -0.15) is 0 Å². The maximum atomic E-state index is 13.0. The number of carboxylic acids is 1. The highest BCUT2D eigenvalue weighted by molar-refractivity contribution is 5.92. The van der Waals surface area contributed by atoms with Crippen molar-refractivity contribution in [1.29, 1.82) is 0 Å². The fraction of sp³-hybridized carbons (Fsp3) is 0.333. The first-order valence-electron chi connectivity index (χ1n) is 13.2. The molecule has 1 atom stereocenters. The van der Waals surface area contributed by atoms with E-state index in [1.165, 1.54) is 6.07 Å². The number of hydroxylamine groups is 2. The van der Waals surface area contributed by atoms with Crippen molar-refractivity contribution in [3.05, 3.63) is 83.6 Å². The van der Waals surface area contributed by atoms with E-state index in [0.717, 1.165) is 29.9 Å². The minimum atomic E-state index is -0.940. The Balaban J connectivity index is 1.53. The molecule has 1 aromatic heterocycles. The van der Waals surface area contributed by atoms with Crippen molar-refractivity contribution in [3.63, 3.8) is 0 Å². The molecule has 0 fully saturated rings. The molecule has 0 unspecified atom stereocenters. The summed E-state index contributed by atoms with van der Waals surface area (Å²) in [6.45, 7) is 2.23. The number of benzene rings is 2. The number of carbonyl (C=O) groups is 4. The van der Waals surface area contributed by atoms with E-state index < -0.39 is 17.8 Å². The van der Waals surface area contributed by atoms with E-state index in [2.05, 4.69) is 17.6 Å². The van der Waals surface area contributed by atoms with Crippen LogP contribution in [0.25, 0.3) is 11.3 Å². The fourth-order valence-electron chi connectivity index (χ4n) is 4.09. The van der Waals surface area contributed by atoms with Crippen LogP contribution in [0.2, 0.25) is 0 Å². The normalized spacial score (nSPS) is 11.4. The molecule has 10 nitrogen and oxygen atoms in total. The molecule has 0 radical (unpaired) electrons. The molecule has 3 aromatic rings. The van der Waals surface area contributed by atoms with Crippen molar-refractivity contribution in [2.75, 3.05) is 13.2 Å². The molecule has 2 aromatic carbocycles. The van der Waals surface area contributed by atoms with E-state index >= 15 is 0 Å². The van der Waals surface area contributed by atoms with E-state index in [9.17, 15) is 19.2 Å². The number of rotatable bonds is 17. The molecule has 212 valence electrons. The summed E-state index contributed by atoms with van der Waals surface area (Å²) < 4.78 is 5.66. The third kappa shape index (κ3) is 9.70. The van der Waals surface area contributed by atoms with Crippen molar-refractivity contribution in [2.24, 2.45) is 5.92 Å². The lowest BCUT2D eigenvalue weighted by atomic mass is 10.0. The number of furan rings is 1. The van der Waals surface area contributed by atoms with Crippen LogP contribution in [0.5, 0.6) is 0 Å². The zero-order valence-electron chi connectivity index (χ0n) is 22.5. The van der Waals surface area contributed by atoms with Crippen LogP contribution in [0.3, 0.4) is 0 Å². The topological polar surface area (TPSA) is 138 Å². The second kappa shape index (κ2) is 15.8. The number of hydrogen-bond acceptors (Lipinski definition) is 6. The Bertz CT molecular complexity index is 1260. The van der Waals surface area contributed by atoms with Crippen molar-refractivity contribution in [3.8, 4) is 11.3 Å². The highest BCUT2D eigenvalue weighted by atomic mass is 16.7. The largest absolute Gasteiger partial charge is 0.481 e. The van der Waals surface area contributed by atoms with Gasteiger partial charge in [-0.3, -0.25) is 24.0 Å². The van der Waals surface area contributed by atoms with Crippen LogP contribution in [-0.2, 0) is 32.2 Å². The van der Waals surface area contributed by atoms with Gasteiger partial charge in [-0.1, -0.05) is 74.7 Å². The van der Waals surface area contributed by atoms with Gasteiger partial charge in [0.2, 0.25) is 12.3 Å². The van der Waals surface area contributed by atoms with Gasteiger partial charge in [0.15, 0.2) is 5.76 Å². The SMILES string of the molecule is CCCCC[C@H](CN(C=O)OCc1ccccc1)C(=O)NCNC(=O)c1ccc(-c2cccc(CC(=O)O)c2)o1. The number of nitrogens with one attached hydrogen (secondary N) is 2. The Hall–Kier alpha value is -4.44. The zero-order valence-corrected chi connectivity index (χ0v) is 22.5. The summed E-state index contributed by atoms with van der Waals surface area (Å²) in [7, 11) is 0. The summed E-state index contributed by atoms with van der Waals surface area (Å²) in [6, 6.07) is 19.4. The Kier molecular flexibility index (Phi) is 11.9. The van der Waals surface area contributed by atoms with Gasteiger partial charge in [0.1, 0.15) is 12.4 Å². The van der Waals surface area contributed by atoms with Crippen LogP contribution in [0.4, 0.5) is 0 Å². The van der Waals surface area contributed by atoms with Gasteiger partial charge in [-0.25, -0.2) is 5.06 Å². The molecular formula is C30H35N3O7. The summed E-state index contributed by atoms with van der Waals surface area (Å²) in [6.07, 6.45) is 3.76. The molecule has 0 spiro atoms. The number of carboxylic acid groups (broad SMARTS) is 1. The number of carbonyl (C=O) groups excluding carboxylic acids is 3. The molecule has 3 N–H and O–H groups in total. The molecule has 1 heterocycles. The summed E-state index contributed by atoms with van der Waals surface area (Å²) in [5.41, 5.74) is 2.16. The molecular weight excluding hydrogens is 514 g/mol. The van der Waals surface area contributed by atoms with E-state index in [-0.39, 0.29) is 37.9 Å². The lowest BCUT2D eigenvalue weighted by Gasteiger charge is -2.23. The summed E-state index contributed by atoms with van der Waals surface area (Å²) in [5.74, 6) is -1.81. The lowest BCUT2D eigenvalue weighted by Crippen LogP contribution is -2.43. The first-order chi connectivity index (χ1) is 19.4. The van der Waals surface area contributed by atoms with Gasteiger partial charge >= 0.3 is 5.97 Å². The molecule has 0 aliphatic rings. The van der Waals surface area contributed by atoms with Gasteiger partial charge < -0.3 is 20.2 Å². The molecule has 0 aliphatic carbocycles. The second-order valence-corrected chi connectivity index (χ2v) is 9.32. The Morgan fingerprint density at radius 1 is 1.00 bits per heavy atom. The van der Waals surface area contributed by atoms with Gasteiger partial charge in [0.25, 0.3) is 5.91 Å². The van der Waals surface area contributed by atoms with Crippen molar-refractivity contribution < 1.29 is 33.5 Å². The molecule has 3 amide bonds. The van der Waals surface area contributed by atoms with E-state index in [4.69, 9.17) is 14.4 Å². The van der Waals surface area contributed by atoms with Crippen LogP contribution in [-0.4, -0.2) is 47.6 Å². The number of aliphatic carboxylic acids is 1. The van der Waals surface area contributed by atoms with Crippen LogP contribution >= 0.6 is 0 Å². The Morgan fingerprint density at radius 3 is 2.50 bits per heavy atom. The number of unbranched alkanes of at least 4 members (excludes halogenated alkanes) is 2. The first-order valence-corrected chi connectivity index (χ1v) is 13.2. The quantitative estimate of drug-likeness (QED) is 0.0995. The molecule has 10 heteroatoms. The third-order valence-corrected chi connectivity index (χ3v) is 6.19. The van der Waals surface area contributed by atoms with Crippen LogP contribution < -0.4 is 10.6 Å². The highest BCUT2D eigenvalue weighted by Gasteiger charge is 2.22. The van der Waals surface area contributed by atoms with Gasteiger partial charge in [0.05, 0.1) is 25.6 Å². The lowest BCUT2D eigenvalue weighted by molar-refractivity contribution is -0.182. The highest BCUT2D eigenvalue weighted by Crippen LogP contribution is 2.23. The Morgan fingerprint density at radius 2 is 1.77 bits per heavy atom. The average Bonchev–Trinajstić information content (AvgIpc) is 3.45. The molecule has 0 saturated carbocycles. The second-order valence-electron chi connectivity index (χ2n) is 9.32. The Labute approximate surface area is 233 Å². The maximum Gasteiger partial charge on any atom is 0.307 e.